The number of phenolic OH excluding ortho intramolecular Hbond substituents is 1. The fourth-order valence-corrected chi connectivity index (χ4v) is 1.41. The SMILES string of the molecule is COc1c(C(O)CN)ccc(O)c1Cl. The van der Waals surface area contributed by atoms with E-state index in [4.69, 9.17) is 22.1 Å². The van der Waals surface area contributed by atoms with Crippen molar-refractivity contribution in [1.29, 1.82) is 0 Å². The monoisotopic (exact) mass is 217 g/mol. The van der Waals surface area contributed by atoms with Crippen LogP contribution in [0.25, 0.3) is 0 Å². The van der Waals surface area contributed by atoms with Gasteiger partial charge in [-0.15, -0.1) is 0 Å². The van der Waals surface area contributed by atoms with Crippen molar-refractivity contribution in [2.75, 3.05) is 13.7 Å². The summed E-state index contributed by atoms with van der Waals surface area (Å²) in [7, 11) is 1.41. The average molecular weight is 218 g/mol. The minimum atomic E-state index is -0.844. The van der Waals surface area contributed by atoms with Crippen LogP contribution in [0.2, 0.25) is 5.02 Å². The molecule has 78 valence electrons. The third-order valence-electron chi connectivity index (χ3n) is 1.89. The van der Waals surface area contributed by atoms with Crippen LogP contribution < -0.4 is 10.5 Å². The maximum absolute atomic E-state index is 9.51. The van der Waals surface area contributed by atoms with Crippen molar-refractivity contribution in [1.82, 2.24) is 0 Å². The molecule has 1 rings (SSSR count). The highest BCUT2D eigenvalue weighted by molar-refractivity contribution is 6.33. The molecular formula is C9H12ClNO3. The summed E-state index contributed by atoms with van der Waals surface area (Å²) < 4.78 is 4.97. The lowest BCUT2D eigenvalue weighted by Gasteiger charge is -2.14. The average Bonchev–Trinajstić information content (AvgIpc) is 2.20. The Morgan fingerprint density at radius 2 is 2.21 bits per heavy atom. The van der Waals surface area contributed by atoms with Gasteiger partial charge >= 0.3 is 0 Å². The Hall–Kier alpha value is -0.970. The lowest BCUT2D eigenvalue weighted by molar-refractivity contribution is 0.182. The van der Waals surface area contributed by atoms with Gasteiger partial charge in [0.2, 0.25) is 0 Å². The highest BCUT2D eigenvalue weighted by Gasteiger charge is 2.16. The summed E-state index contributed by atoms with van der Waals surface area (Å²) in [6.45, 7) is 0.0669. The topological polar surface area (TPSA) is 75.7 Å². The predicted octanol–water partition coefficient (Wildman–Crippen LogP) is 1.05. The standard InChI is InChI=1S/C9H12ClNO3/c1-14-9-5(7(13)4-11)2-3-6(12)8(9)10/h2-3,7,12-13H,4,11H2,1H3. The van der Waals surface area contributed by atoms with Crippen molar-refractivity contribution in [2.24, 2.45) is 5.73 Å². The zero-order valence-electron chi connectivity index (χ0n) is 7.70. The second kappa shape index (κ2) is 4.50. The molecule has 0 radical (unpaired) electrons. The number of hydrogen-bond acceptors (Lipinski definition) is 4. The Balaban J connectivity index is 3.23. The van der Waals surface area contributed by atoms with E-state index in [1.165, 1.54) is 19.2 Å². The molecule has 0 saturated carbocycles. The van der Waals surface area contributed by atoms with Crippen molar-refractivity contribution >= 4 is 11.6 Å². The summed E-state index contributed by atoms with van der Waals surface area (Å²) in [5.74, 6) is 0.168. The van der Waals surface area contributed by atoms with Crippen molar-refractivity contribution in [3.05, 3.63) is 22.7 Å². The highest BCUT2D eigenvalue weighted by Crippen LogP contribution is 2.38. The number of hydrogen-bond donors (Lipinski definition) is 3. The highest BCUT2D eigenvalue weighted by atomic mass is 35.5. The van der Waals surface area contributed by atoms with E-state index in [1.54, 1.807) is 0 Å². The van der Waals surface area contributed by atoms with Crippen molar-refractivity contribution in [3.63, 3.8) is 0 Å². The van der Waals surface area contributed by atoms with Crippen LogP contribution in [0.3, 0.4) is 0 Å². The van der Waals surface area contributed by atoms with Gasteiger partial charge in [0.15, 0.2) is 0 Å². The zero-order valence-corrected chi connectivity index (χ0v) is 8.45. The normalized spacial score (nSPS) is 12.6. The van der Waals surface area contributed by atoms with Gasteiger partial charge < -0.3 is 20.7 Å². The number of halogens is 1. The number of aromatic hydroxyl groups is 1. The first-order valence-electron chi connectivity index (χ1n) is 4.05. The maximum atomic E-state index is 9.51. The van der Waals surface area contributed by atoms with Gasteiger partial charge in [-0.3, -0.25) is 0 Å². The Labute approximate surface area is 86.9 Å². The third-order valence-corrected chi connectivity index (χ3v) is 2.26. The first kappa shape index (κ1) is 11.1. The molecule has 0 amide bonds. The number of phenols is 1. The van der Waals surface area contributed by atoms with E-state index in [0.29, 0.717) is 5.56 Å². The minimum absolute atomic E-state index is 0.0669. The molecular weight excluding hydrogens is 206 g/mol. The molecule has 0 bridgehead atoms. The van der Waals surface area contributed by atoms with Crippen molar-refractivity contribution in [2.45, 2.75) is 6.10 Å². The number of ether oxygens (including phenoxy) is 1. The Morgan fingerprint density at radius 1 is 1.57 bits per heavy atom. The van der Waals surface area contributed by atoms with Crippen LogP contribution in [0.1, 0.15) is 11.7 Å². The number of benzene rings is 1. The number of aliphatic hydroxyl groups is 1. The van der Waals surface area contributed by atoms with E-state index < -0.39 is 6.10 Å². The number of rotatable bonds is 3. The summed E-state index contributed by atoms with van der Waals surface area (Å²) in [4.78, 5) is 0. The van der Waals surface area contributed by atoms with Gasteiger partial charge in [0.25, 0.3) is 0 Å². The van der Waals surface area contributed by atoms with Crippen LogP contribution in [0.4, 0.5) is 0 Å². The van der Waals surface area contributed by atoms with Crippen molar-refractivity contribution < 1.29 is 14.9 Å². The Morgan fingerprint density at radius 3 is 2.71 bits per heavy atom. The second-order valence-electron chi connectivity index (χ2n) is 2.77. The van der Waals surface area contributed by atoms with Crippen LogP contribution in [0, 0.1) is 0 Å². The van der Waals surface area contributed by atoms with Gasteiger partial charge in [0.1, 0.15) is 16.5 Å². The van der Waals surface area contributed by atoms with Gasteiger partial charge in [-0.25, -0.2) is 0 Å². The third kappa shape index (κ3) is 1.92. The van der Waals surface area contributed by atoms with Crippen LogP contribution in [0.15, 0.2) is 12.1 Å². The van der Waals surface area contributed by atoms with Gasteiger partial charge in [-0.05, 0) is 12.1 Å². The van der Waals surface area contributed by atoms with Gasteiger partial charge in [-0.2, -0.15) is 0 Å². The fraction of sp³-hybridized carbons (Fsp3) is 0.333. The molecule has 0 heterocycles. The van der Waals surface area contributed by atoms with Crippen LogP contribution in [0.5, 0.6) is 11.5 Å². The quantitative estimate of drug-likeness (QED) is 0.707. The Kier molecular flexibility index (Phi) is 3.57. The van der Waals surface area contributed by atoms with Gasteiger partial charge in [0.05, 0.1) is 13.2 Å². The summed E-state index contributed by atoms with van der Waals surface area (Å²) >= 11 is 5.77. The summed E-state index contributed by atoms with van der Waals surface area (Å²) in [5.41, 5.74) is 5.77. The van der Waals surface area contributed by atoms with E-state index >= 15 is 0 Å². The molecule has 0 fully saturated rings. The summed E-state index contributed by atoms with van der Waals surface area (Å²) in [5, 5.41) is 18.9. The molecule has 0 aliphatic carbocycles. The van der Waals surface area contributed by atoms with Crippen LogP contribution in [-0.2, 0) is 0 Å². The molecule has 0 saturated heterocycles. The predicted molar refractivity (Wildman–Crippen MR) is 53.7 cm³/mol. The first-order chi connectivity index (χ1) is 6.61. The summed E-state index contributed by atoms with van der Waals surface area (Å²) in [6.07, 6.45) is -0.844. The molecule has 0 spiro atoms. The lowest BCUT2D eigenvalue weighted by Crippen LogP contribution is -2.12. The molecule has 0 aromatic heterocycles. The molecule has 0 aliphatic rings. The smallest absolute Gasteiger partial charge is 0.147 e. The largest absolute Gasteiger partial charge is 0.506 e. The molecule has 1 aromatic carbocycles. The van der Waals surface area contributed by atoms with E-state index in [-0.39, 0.29) is 23.1 Å². The van der Waals surface area contributed by atoms with E-state index in [1.807, 2.05) is 0 Å². The maximum Gasteiger partial charge on any atom is 0.147 e. The van der Waals surface area contributed by atoms with Gasteiger partial charge in [0, 0.05) is 12.1 Å². The molecule has 1 atom stereocenters. The molecule has 1 aromatic rings. The second-order valence-corrected chi connectivity index (χ2v) is 3.15. The first-order valence-corrected chi connectivity index (χ1v) is 4.43. The Bertz CT molecular complexity index is 330. The van der Waals surface area contributed by atoms with Crippen molar-refractivity contribution in [3.8, 4) is 11.5 Å². The van der Waals surface area contributed by atoms with Crippen LogP contribution >= 0.6 is 11.6 Å². The van der Waals surface area contributed by atoms with Crippen LogP contribution in [-0.4, -0.2) is 23.9 Å². The van der Waals surface area contributed by atoms with Gasteiger partial charge in [-0.1, -0.05) is 11.6 Å². The molecule has 0 aliphatic heterocycles. The fourth-order valence-electron chi connectivity index (χ4n) is 1.16. The molecule has 1 unspecified atom stereocenters. The zero-order chi connectivity index (χ0) is 10.7. The molecule has 5 heteroatoms. The number of aliphatic hydroxyl groups excluding tert-OH is 1. The summed E-state index contributed by atoms with van der Waals surface area (Å²) in [6, 6.07) is 2.91. The molecule has 14 heavy (non-hydrogen) atoms. The van der Waals surface area contributed by atoms with E-state index in [0.717, 1.165) is 0 Å². The number of nitrogens with two attached hydrogens (primary N) is 1. The van der Waals surface area contributed by atoms with E-state index in [9.17, 15) is 10.2 Å². The number of methoxy groups -OCH3 is 1. The lowest BCUT2D eigenvalue weighted by atomic mass is 10.1. The van der Waals surface area contributed by atoms with E-state index in [2.05, 4.69) is 0 Å². The minimum Gasteiger partial charge on any atom is -0.506 e. The molecule has 4 nitrogen and oxygen atoms in total. The molecule has 4 N–H and O–H groups in total.